The number of amides is 2. The van der Waals surface area contributed by atoms with Gasteiger partial charge in [-0.3, -0.25) is 13.9 Å². The van der Waals surface area contributed by atoms with Gasteiger partial charge in [-0.05, 0) is 69.2 Å². The number of hydrogen-bond acceptors (Lipinski definition) is 4. The summed E-state index contributed by atoms with van der Waals surface area (Å²) >= 11 is 18.7. The third-order valence-electron chi connectivity index (χ3n) is 6.51. The van der Waals surface area contributed by atoms with Gasteiger partial charge in [-0.1, -0.05) is 77.6 Å². The van der Waals surface area contributed by atoms with Crippen molar-refractivity contribution in [2.75, 3.05) is 10.8 Å². The van der Waals surface area contributed by atoms with E-state index in [-0.39, 0.29) is 34.1 Å². The number of anilines is 1. The zero-order valence-corrected chi connectivity index (χ0v) is 25.8. The molecule has 0 heterocycles. The first kappa shape index (κ1) is 31.7. The maximum atomic E-state index is 14.0. The van der Waals surface area contributed by atoms with Crippen LogP contribution in [0.3, 0.4) is 0 Å². The maximum Gasteiger partial charge on any atom is 0.264 e. The van der Waals surface area contributed by atoms with E-state index in [0.717, 1.165) is 9.87 Å². The van der Waals surface area contributed by atoms with Gasteiger partial charge in [0.05, 0.1) is 25.7 Å². The number of aryl methyl sites for hydroxylation is 1. The molecule has 214 valence electrons. The number of rotatable bonds is 11. The van der Waals surface area contributed by atoms with E-state index in [9.17, 15) is 18.0 Å². The van der Waals surface area contributed by atoms with Crippen molar-refractivity contribution in [2.24, 2.45) is 0 Å². The number of carbonyl (C=O) groups excluding carboxylic acids is 2. The van der Waals surface area contributed by atoms with Crippen LogP contribution in [0.5, 0.6) is 0 Å². The standard InChI is InChI=1S/C29H32Cl3N3O4S/c1-5-20(3)33-29(37)21(4)34(17-22-12-15-24(30)26(32)16-22)28(36)18-35(27-9-7-6-8-25(27)31)40(38,39)23-13-10-19(2)11-14-23/h6-16,20-21H,5,17-18H2,1-4H3,(H,33,37)/t20-,21-/m0/s1. The summed E-state index contributed by atoms with van der Waals surface area (Å²) in [6, 6.07) is 16.6. The molecule has 0 aliphatic heterocycles. The van der Waals surface area contributed by atoms with Crippen LogP contribution in [0.1, 0.15) is 38.3 Å². The van der Waals surface area contributed by atoms with Crippen LogP contribution in [0, 0.1) is 6.92 Å². The number of carbonyl (C=O) groups is 2. The third-order valence-corrected chi connectivity index (χ3v) is 9.35. The molecule has 0 aromatic heterocycles. The fourth-order valence-corrected chi connectivity index (χ4v) is 5.93. The molecule has 11 heteroatoms. The minimum atomic E-state index is -4.21. The first-order chi connectivity index (χ1) is 18.8. The summed E-state index contributed by atoms with van der Waals surface area (Å²) < 4.78 is 28.7. The monoisotopic (exact) mass is 623 g/mol. The second-order valence-corrected chi connectivity index (χ2v) is 12.6. The van der Waals surface area contributed by atoms with Gasteiger partial charge < -0.3 is 10.2 Å². The Labute approximate surface area is 251 Å². The fraction of sp³-hybridized carbons (Fsp3) is 0.310. The summed E-state index contributed by atoms with van der Waals surface area (Å²) in [5, 5.41) is 3.69. The second-order valence-electron chi connectivity index (χ2n) is 9.54. The number of benzene rings is 3. The van der Waals surface area contributed by atoms with Crippen LogP contribution in [0.15, 0.2) is 71.6 Å². The highest BCUT2D eigenvalue weighted by Crippen LogP contribution is 2.31. The quantitative estimate of drug-likeness (QED) is 0.265. The highest BCUT2D eigenvalue weighted by molar-refractivity contribution is 7.92. The Hall–Kier alpha value is -2.78. The molecule has 3 aromatic carbocycles. The van der Waals surface area contributed by atoms with Gasteiger partial charge >= 0.3 is 0 Å². The molecule has 7 nitrogen and oxygen atoms in total. The van der Waals surface area contributed by atoms with Gasteiger partial charge in [0.1, 0.15) is 12.6 Å². The molecule has 0 fully saturated rings. The van der Waals surface area contributed by atoms with Crippen molar-refractivity contribution in [3.8, 4) is 0 Å². The lowest BCUT2D eigenvalue weighted by molar-refractivity contribution is -0.139. The molecule has 0 unspecified atom stereocenters. The predicted octanol–water partition coefficient (Wildman–Crippen LogP) is 6.48. The van der Waals surface area contributed by atoms with E-state index in [0.29, 0.717) is 22.0 Å². The summed E-state index contributed by atoms with van der Waals surface area (Å²) in [7, 11) is -4.21. The maximum absolute atomic E-state index is 14.0. The van der Waals surface area contributed by atoms with Crippen LogP contribution in [0.4, 0.5) is 5.69 Å². The summed E-state index contributed by atoms with van der Waals surface area (Å²) in [4.78, 5) is 28.4. The SMILES string of the molecule is CC[C@H](C)NC(=O)[C@H](C)N(Cc1ccc(Cl)c(Cl)c1)C(=O)CN(c1ccccc1Cl)S(=O)(=O)c1ccc(C)cc1. The summed E-state index contributed by atoms with van der Waals surface area (Å²) in [6.07, 6.45) is 0.703. The largest absolute Gasteiger partial charge is 0.352 e. The lowest BCUT2D eigenvalue weighted by Crippen LogP contribution is -2.52. The summed E-state index contributed by atoms with van der Waals surface area (Å²) in [6.45, 7) is 6.64. The first-order valence-electron chi connectivity index (χ1n) is 12.7. The molecule has 0 saturated heterocycles. The van der Waals surface area contributed by atoms with Crippen molar-refractivity contribution in [3.05, 3.63) is 92.9 Å². The van der Waals surface area contributed by atoms with E-state index in [1.54, 1.807) is 55.5 Å². The van der Waals surface area contributed by atoms with E-state index in [2.05, 4.69) is 5.32 Å². The Bertz CT molecular complexity index is 1470. The molecule has 0 spiro atoms. The average Bonchev–Trinajstić information content (AvgIpc) is 2.92. The number of nitrogens with one attached hydrogen (secondary N) is 1. The molecule has 2 atom stereocenters. The van der Waals surface area contributed by atoms with Crippen LogP contribution in [-0.4, -0.2) is 43.8 Å². The van der Waals surface area contributed by atoms with Crippen LogP contribution >= 0.6 is 34.8 Å². The molecule has 2 amide bonds. The number of hydrogen-bond donors (Lipinski definition) is 1. The Kier molecular flexibility index (Phi) is 10.9. The molecule has 40 heavy (non-hydrogen) atoms. The van der Waals surface area contributed by atoms with E-state index in [1.807, 2.05) is 20.8 Å². The molecule has 1 N–H and O–H groups in total. The summed E-state index contributed by atoms with van der Waals surface area (Å²) in [5.41, 5.74) is 1.65. The van der Waals surface area contributed by atoms with Gasteiger partial charge in [-0.15, -0.1) is 0 Å². The number of halogens is 3. The zero-order valence-electron chi connectivity index (χ0n) is 22.7. The zero-order chi connectivity index (χ0) is 29.6. The van der Waals surface area contributed by atoms with E-state index < -0.39 is 28.5 Å². The molecule has 0 saturated carbocycles. The number of sulfonamides is 1. The topological polar surface area (TPSA) is 86.8 Å². The molecule has 0 aliphatic carbocycles. The lowest BCUT2D eigenvalue weighted by atomic mass is 10.1. The van der Waals surface area contributed by atoms with Crippen molar-refractivity contribution >= 4 is 62.3 Å². The van der Waals surface area contributed by atoms with Crippen molar-refractivity contribution in [1.82, 2.24) is 10.2 Å². The molecule has 0 bridgehead atoms. The van der Waals surface area contributed by atoms with Gasteiger partial charge in [0.15, 0.2) is 0 Å². The first-order valence-corrected chi connectivity index (χ1v) is 15.3. The molecular weight excluding hydrogens is 593 g/mol. The van der Waals surface area contributed by atoms with Crippen LogP contribution in [-0.2, 0) is 26.2 Å². The number of para-hydroxylation sites is 1. The van der Waals surface area contributed by atoms with Crippen LogP contribution in [0.2, 0.25) is 15.1 Å². The van der Waals surface area contributed by atoms with E-state index in [4.69, 9.17) is 34.8 Å². The second kappa shape index (κ2) is 13.7. The molecular formula is C29H32Cl3N3O4S. The van der Waals surface area contributed by atoms with E-state index in [1.165, 1.54) is 23.1 Å². The highest BCUT2D eigenvalue weighted by Gasteiger charge is 2.33. The minimum Gasteiger partial charge on any atom is -0.352 e. The van der Waals surface area contributed by atoms with Gasteiger partial charge in [-0.2, -0.15) is 0 Å². The van der Waals surface area contributed by atoms with Gasteiger partial charge in [-0.25, -0.2) is 8.42 Å². The van der Waals surface area contributed by atoms with Gasteiger partial charge in [0, 0.05) is 12.6 Å². The Balaban J connectivity index is 2.05. The van der Waals surface area contributed by atoms with Crippen molar-refractivity contribution in [3.63, 3.8) is 0 Å². The predicted molar refractivity (Wildman–Crippen MR) is 162 cm³/mol. The Morgan fingerprint density at radius 3 is 2.15 bits per heavy atom. The smallest absolute Gasteiger partial charge is 0.264 e. The lowest BCUT2D eigenvalue weighted by Gasteiger charge is -2.32. The van der Waals surface area contributed by atoms with Crippen molar-refractivity contribution in [2.45, 2.75) is 57.6 Å². The van der Waals surface area contributed by atoms with Gasteiger partial charge in [0.2, 0.25) is 11.8 Å². The third kappa shape index (κ3) is 7.69. The average molecular weight is 625 g/mol. The van der Waals surface area contributed by atoms with Crippen molar-refractivity contribution in [1.29, 1.82) is 0 Å². The molecule has 0 aliphatic rings. The van der Waals surface area contributed by atoms with Gasteiger partial charge in [0.25, 0.3) is 10.0 Å². The summed E-state index contributed by atoms with van der Waals surface area (Å²) in [5.74, 6) is -0.970. The molecule has 3 rings (SSSR count). The van der Waals surface area contributed by atoms with E-state index >= 15 is 0 Å². The number of nitrogens with zero attached hydrogens (tertiary/aromatic N) is 2. The van der Waals surface area contributed by atoms with Crippen LogP contribution < -0.4 is 9.62 Å². The Morgan fingerprint density at radius 1 is 0.900 bits per heavy atom. The normalized spacial score (nSPS) is 12.9. The molecule has 3 aromatic rings. The molecule has 0 radical (unpaired) electrons. The minimum absolute atomic E-state index is 0.00409. The van der Waals surface area contributed by atoms with Crippen LogP contribution in [0.25, 0.3) is 0 Å². The Morgan fingerprint density at radius 2 is 1.55 bits per heavy atom. The van der Waals surface area contributed by atoms with Crippen molar-refractivity contribution < 1.29 is 18.0 Å². The highest BCUT2D eigenvalue weighted by atomic mass is 35.5. The fourth-order valence-electron chi connectivity index (χ4n) is 3.89.